The number of rotatable bonds is 38. The van der Waals surface area contributed by atoms with Crippen molar-refractivity contribution < 1.29 is 19.4 Å². The van der Waals surface area contributed by atoms with E-state index < -0.39 is 6.10 Å². The average molecular weight is 685 g/mol. The topological polar surface area (TPSA) is 55.8 Å². The number of hydrogen-bond donors (Lipinski definition) is 1. The molecule has 284 valence electrons. The van der Waals surface area contributed by atoms with Gasteiger partial charge < -0.3 is 14.6 Å². The number of ether oxygens (including phenoxy) is 2. The minimum atomic E-state index is -0.543. The van der Waals surface area contributed by atoms with Crippen molar-refractivity contribution in [2.45, 2.75) is 200 Å². The molecule has 0 fully saturated rings. The summed E-state index contributed by atoms with van der Waals surface area (Å²) in [7, 11) is 0. The highest BCUT2D eigenvalue weighted by atomic mass is 16.6. The third kappa shape index (κ3) is 40.4. The first kappa shape index (κ1) is 47.1. The minimum absolute atomic E-state index is 0.179. The summed E-state index contributed by atoms with van der Waals surface area (Å²) in [6.07, 6.45) is 55.6. The second kappa shape index (κ2) is 42.3. The fourth-order valence-electron chi connectivity index (χ4n) is 5.72. The lowest BCUT2D eigenvalue weighted by Crippen LogP contribution is -2.27. The number of unbranched alkanes of at least 4 members (excludes halogenated alkanes) is 20. The molecule has 0 aromatic heterocycles. The van der Waals surface area contributed by atoms with Gasteiger partial charge in [0.05, 0.1) is 13.2 Å². The molecule has 0 aliphatic heterocycles. The zero-order valence-corrected chi connectivity index (χ0v) is 32.4. The predicted molar refractivity (Wildman–Crippen MR) is 214 cm³/mol. The number of carbonyl (C=O) groups is 1. The molecule has 0 aliphatic carbocycles. The van der Waals surface area contributed by atoms with Gasteiger partial charge in [-0.05, 0) is 77.0 Å². The minimum Gasteiger partial charge on any atom is -0.457 e. The summed E-state index contributed by atoms with van der Waals surface area (Å²) in [5, 5.41) is 9.59. The van der Waals surface area contributed by atoms with Gasteiger partial charge in [0.1, 0.15) is 6.10 Å². The molecule has 0 aliphatic rings. The molecular formula is C45H80O4. The molecule has 0 rings (SSSR count). The maximum absolute atomic E-state index is 12.2. The summed E-state index contributed by atoms with van der Waals surface area (Å²) in [5.74, 6) is -0.213. The Morgan fingerprint density at radius 3 is 1.41 bits per heavy atom. The van der Waals surface area contributed by atoms with E-state index in [4.69, 9.17) is 9.47 Å². The van der Waals surface area contributed by atoms with Crippen molar-refractivity contribution in [2.24, 2.45) is 0 Å². The van der Waals surface area contributed by atoms with Gasteiger partial charge in [-0.1, -0.05) is 171 Å². The molecular weight excluding hydrogens is 604 g/mol. The van der Waals surface area contributed by atoms with Gasteiger partial charge in [0.2, 0.25) is 0 Å². The van der Waals surface area contributed by atoms with Crippen LogP contribution in [-0.2, 0) is 14.3 Å². The molecule has 0 aromatic carbocycles. The molecule has 1 atom stereocenters. The van der Waals surface area contributed by atoms with Crippen molar-refractivity contribution in [3.63, 3.8) is 0 Å². The number of aliphatic hydroxyl groups excluding tert-OH is 1. The molecule has 0 saturated carbocycles. The number of aliphatic hydroxyl groups is 1. The fourth-order valence-corrected chi connectivity index (χ4v) is 5.72. The molecule has 49 heavy (non-hydrogen) atoms. The van der Waals surface area contributed by atoms with Crippen LogP contribution in [0.2, 0.25) is 0 Å². The normalized spacial score (nSPS) is 13.0. The van der Waals surface area contributed by atoms with E-state index in [9.17, 15) is 9.90 Å². The largest absolute Gasteiger partial charge is 0.457 e. The van der Waals surface area contributed by atoms with Crippen LogP contribution in [0.4, 0.5) is 0 Å². The highest BCUT2D eigenvalue weighted by molar-refractivity contribution is 5.69. The quantitative estimate of drug-likeness (QED) is 0.0399. The smallest absolute Gasteiger partial charge is 0.306 e. The zero-order chi connectivity index (χ0) is 35.6. The second-order valence-corrected chi connectivity index (χ2v) is 13.7. The molecule has 0 bridgehead atoms. The van der Waals surface area contributed by atoms with Crippen LogP contribution in [0.15, 0.2) is 60.8 Å². The summed E-state index contributed by atoms with van der Waals surface area (Å²) in [6.45, 7) is 5.21. The summed E-state index contributed by atoms with van der Waals surface area (Å²) in [6, 6.07) is 0. The highest BCUT2D eigenvalue weighted by Crippen LogP contribution is 2.13. The molecule has 4 heteroatoms. The number of esters is 1. The molecule has 1 unspecified atom stereocenters. The van der Waals surface area contributed by atoms with Crippen LogP contribution in [0.25, 0.3) is 0 Å². The molecule has 0 spiro atoms. The average Bonchev–Trinajstić information content (AvgIpc) is 3.11. The highest BCUT2D eigenvalue weighted by Gasteiger charge is 2.13. The van der Waals surface area contributed by atoms with Crippen LogP contribution in [0.5, 0.6) is 0 Å². The summed E-state index contributed by atoms with van der Waals surface area (Å²) < 4.78 is 11.1. The van der Waals surface area contributed by atoms with E-state index in [2.05, 4.69) is 74.6 Å². The van der Waals surface area contributed by atoms with E-state index >= 15 is 0 Å². The molecule has 0 radical (unpaired) electrons. The van der Waals surface area contributed by atoms with Gasteiger partial charge in [-0.15, -0.1) is 0 Å². The first-order valence-electron chi connectivity index (χ1n) is 20.9. The zero-order valence-electron chi connectivity index (χ0n) is 32.4. The van der Waals surface area contributed by atoms with E-state index in [1.54, 1.807) is 0 Å². The Hall–Kier alpha value is -1.91. The van der Waals surface area contributed by atoms with Crippen molar-refractivity contribution >= 4 is 5.97 Å². The number of carbonyl (C=O) groups excluding carboxylic acids is 1. The Kier molecular flexibility index (Phi) is 40.6. The molecule has 0 heterocycles. The van der Waals surface area contributed by atoms with Gasteiger partial charge >= 0.3 is 5.97 Å². The van der Waals surface area contributed by atoms with Gasteiger partial charge in [-0.25, -0.2) is 0 Å². The van der Waals surface area contributed by atoms with E-state index in [1.807, 2.05) is 0 Å². The first-order chi connectivity index (χ1) is 24.2. The van der Waals surface area contributed by atoms with Crippen molar-refractivity contribution in [3.8, 4) is 0 Å². The van der Waals surface area contributed by atoms with E-state index in [0.717, 1.165) is 44.9 Å². The Morgan fingerprint density at radius 2 is 0.918 bits per heavy atom. The molecule has 4 nitrogen and oxygen atoms in total. The van der Waals surface area contributed by atoms with E-state index in [0.29, 0.717) is 13.0 Å². The third-order valence-corrected chi connectivity index (χ3v) is 8.83. The van der Waals surface area contributed by atoms with Crippen molar-refractivity contribution in [1.29, 1.82) is 0 Å². The molecule has 0 saturated heterocycles. The SMILES string of the molecule is CC/C=C\C/C=C\C/C=C\C/C=C\CCCCCCCCCCCOCC(CO)OC(=O)CCCCCCC/C=C\CCCCCCCC. The van der Waals surface area contributed by atoms with Crippen molar-refractivity contribution in [3.05, 3.63) is 60.8 Å². The van der Waals surface area contributed by atoms with Crippen LogP contribution < -0.4 is 0 Å². The fraction of sp³-hybridized carbons (Fsp3) is 0.756. The van der Waals surface area contributed by atoms with Crippen molar-refractivity contribution in [2.75, 3.05) is 19.8 Å². The number of hydrogen-bond acceptors (Lipinski definition) is 4. The Balaban J connectivity index is 3.46. The maximum atomic E-state index is 12.2. The Labute approximate surface area is 305 Å². The maximum Gasteiger partial charge on any atom is 0.306 e. The molecule has 1 N–H and O–H groups in total. The van der Waals surface area contributed by atoms with Gasteiger partial charge in [0.15, 0.2) is 0 Å². The molecule has 0 amide bonds. The standard InChI is InChI=1S/C45H80O4/c1-3-5-7-9-11-13-15-17-19-20-21-22-23-24-25-27-29-31-33-35-37-39-41-48-43-44(42-46)49-45(47)40-38-36-34-32-30-28-26-18-16-14-12-10-8-6-4-2/h5,7,11,13,17-19,21-22,26,44,46H,3-4,6,8-10,12,14-16,20,23-25,27-43H2,1-2H3/b7-5-,13-11-,19-17-,22-21-,26-18-. The summed E-state index contributed by atoms with van der Waals surface area (Å²) >= 11 is 0. The second-order valence-electron chi connectivity index (χ2n) is 13.7. The first-order valence-corrected chi connectivity index (χ1v) is 20.9. The molecule has 0 aromatic rings. The Morgan fingerprint density at radius 1 is 0.510 bits per heavy atom. The van der Waals surface area contributed by atoms with Gasteiger partial charge in [-0.2, -0.15) is 0 Å². The predicted octanol–water partition coefficient (Wildman–Crippen LogP) is 13.7. The monoisotopic (exact) mass is 685 g/mol. The van der Waals surface area contributed by atoms with Crippen molar-refractivity contribution in [1.82, 2.24) is 0 Å². The van der Waals surface area contributed by atoms with Crippen LogP contribution in [0, 0.1) is 0 Å². The van der Waals surface area contributed by atoms with Crippen LogP contribution in [0.3, 0.4) is 0 Å². The lowest BCUT2D eigenvalue weighted by molar-refractivity contribution is -0.154. The van der Waals surface area contributed by atoms with Gasteiger partial charge in [-0.3, -0.25) is 4.79 Å². The van der Waals surface area contributed by atoms with E-state index in [-0.39, 0.29) is 19.2 Å². The summed E-state index contributed by atoms with van der Waals surface area (Å²) in [4.78, 5) is 12.2. The van der Waals surface area contributed by atoms with Crippen LogP contribution in [-0.4, -0.2) is 37.0 Å². The van der Waals surface area contributed by atoms with E-state index in [1.165, 1.54) is 128 Å². The summed E-state index contributed by atoms with van der Waals surface area (Å²) in [5.41, 5.74) is 0. The van der Waals surface area contributed by atoms with Gasteiger partial charge in [0.25, 0.3) is 0 Å². The van der Waals surface area contributed by atoms with Crippen LogP contribution >= 0.6 is 0 Å². The van der Waals surface area contributed by atoms with Gasteiger partial charge in [0, 0.05) is 13.0 Å². The van der Waals surface area contributed by atoms with Crippen LogP contribution in [0.1, 0.15) is 194 Å². The lowest BCUT2D eigenvalue weighted by Gasteiger charge is -2.15. The lowest BCUT2D eigenvalue weighted by atomic mass is 10.1. The third-order valence-electron chi connectivity index (χ3n) is 8.83. The number of allylic oxidation sites excluding steroid dienone is 10. The Bertz CT molecular complexity index is 809.